The average Bonchev–Trinajstić information content (AvgIpc) is 2.86. The third-order valence-electron chi connectivity index (χ3n) is 3.57. The van der Waals surface area contributed by atoms with Gasteiger partial charge in [0.1, 0.15) is 10.7 Å². The van der Waals surface area contributed by atoms with Gasteiger partial charge in [0.25, 0.3) is 9.05 Å². The molecule has 0 amide bonds. The van der Waals surface area contributed by atoms with Crippen molar-refractivity contribution in [1.82, 2.24) is 4.31 Å². The molecule has 21 heavy (non-hydrogen) atoms. The lowest BCUT2D eigenvalue weighted by molar-refractivity contribution is 0.377. The van der Waals surface area contributed by atoms with E-state index < -0.39 is 34.7 Å². The highest BCUT2D eigenvalue weighted by Crippen LogP contribution is 2.30. The Kier molecular flexibility index (Phi) is 4.63. The van der Waals surface area contributed by atoms with Crippen LogP contribution < -0.4 is 0 Å². The molecule has 0 radical (unpaired) electrons. The topological polar surface area (TPSA) is 71.5 Å². The molecule has 0 N–H and O–H groups in total. The number of nitrogens with zero attached hydrogens (tertiary/aromatic N) is 1. The van der Waals surface area contributed by atoms with E-state index in [0.29, 0.717) is 19.0 Å². The van der Waals surface area contributed by atoms with Gasteiger partial charge in [-0.25, -0.2) is 21.2 Å². The molecule has 1 unspecified atom stereocenters. The van der Waals surface area contributed by atoms with Crippen LogP contribution in [0.3, 0.4) is 0 Å². The van der Waals surface area contributed by atoms with Gasteiger partial charge in [-0.2, -0.15) is 4.31 Å². The van der Waals surface area contributed by atoms with Crippen molar-refractivity contribution in [2.24, 2.45) is 0 Å². The van der Waals surface area contributed by atoms with Crippen LogP contribution in [-0.4, -0.2) is 33.7 Å². The molecular weight excluding hydrogens is 341 g/mol. The number of halogens is 2. The lowest BCUT2D eigenvalue weighted by Crippen LogP contribution is -2.35. The second kappa shape index (κ2) is 5.83. The van der Waals surface area contributed by atoms with Crippen molar-refractivity contribution >= 4 is 29.8 Å². The zero-order chi connectivity index (χ0) is 15.8. The summed E-state index contributed by atoms with van der Waals surface area (Å²) in [5.74, 6) is -1.11. The summed E-state index contributed by atoms with van der Waals surface area (Å²) in [6.45, 7) is 2.22. The molecule has 0 aromatic heterocycles. The van der Waals surface area contributed by atoms with Crippen molar-refractivity contribution in [2.45, 2.75) is 42.0 Å². The average molecular weight is 356 g/mol. The Balaban J connectivity index is 2.46. The Morgan fingerprint density at radius 1 is 1.33 bits per heavy atom. The maximum Gasteiger partial charge on any atom is 0.261 e. The summed E-state index contributed by atoms with van der Waals surface area (Å²) < 4.78 is 62.6. The highest BCUT2D eigenvalue weighted by Gasteiger charge is 2.36. The fourth-order valence-electron chi connectivity index (χ4n) is 2.50. The van der Waals surface area contributed by atoms with Gasteiger partial charge in [-0.05, 0) is 37.5 Å². The minimum absolute atomic E-state index is 0.147. The Morgan fingerprint density at radius 2 is 2.00 bits per heavy atom. The van der Waals surface area contributed by atoms with Crippen LogP contribution in [0.5, 0.6) is 0 Å². The van der Waals surface area contributed by atoms with E-state index >= 15 is 0 Å². The fraction of sp³-hybridized carbons (Fsp3) is 0.500. The normalized spacial score (nSPS) is 20.8. The first kappa shape index (κ1) is 16.7. The molecule has 5 nitrogen and oxygen atoms in total. The van der Waals surface area contributed by atoms with Gasteiger partial charge in [0.2, 0.25) is 10.0 Å². The zero-order valence-electron chi connectivity index (χ0n) is 11.3. The number of benzene rings is 1. The number of rotatable bonds is 4. The summed E-state index contributed by atoms with van der Waals surface area (Å²) >= 11 is 0. The van der Waals surface area contributed by atoms with Crippen molar-refractivity contribution in [3.63, 3.8) is 0 Å². The maximum atomic E-state index is 14.0. The third kappa shape index (κ3) is 3.23. The highest BCUT2D eigenvalue weighted by molar-refractivity contribution is 8.13. The lowest BCUT2D eigenvalue weighted by atomic mass is 10.2. The molecule has 2 rings (SSSR count). The SMILES string of the molecule is CCC1CCCN1S(=O)(=O)c1ccc(S(=O)(=O)Cl)cc1F. The zero-order valence-corrected chi connectivity index (χ0v) is 13.7. The minimum Gasteiger partial charge on any atom is -0.207 e. The minimum atomic E-state index is -4.10. The van der Waals surface area contributed by atoms with Crippen LogP contribution in [0.4, 0.5) is 4.39 Å². The van der Waals surface area contributed by atoms with E-state index in [9.17, 15) is 21.2 Å². The molecule has 1 heterocycles. The van der Waals surface area contributed by atoms with Crippen molar-refractivity contribution in [2.75, 3.05) is 6.54 Å². The van der Waals surface area contributed by atoms with Crippen molar-refractivity contribution in [3.8, 4) is 0 Å². The first-order valence-corrected chi connectivity index (χ1v) is 10.2. The van der Waals surface area contributed by atoms with E-state index in [1.165, 1.54) is 4.31 Å². The van der Waals surface area contributed by atoms with Crippen molar-refractivity contribution < 1.29 is 21.2 Å². The van der Waals surface area contributed by atoms with E-state index in [2.05, 4.69) is 0 Å². The summed E-state index contributed by atoms with van der Waals surface area (Å²) in [5.41, 5.74) is 0. The Morgan fingerprint density at radius 3 is 2.52 bits per heavy atom. The molecule has 1 aromatic rings. The van der Waals surface area contributed by atoms with E-state index in [1.54, 1.807) is 0 Å². The van der Waals surface area contributed by atoms with Gasteiger partial charge in [-0.15, -0.1) is 0 Å². The summed E-state index contributed by atoms with van der Waals surface area (Å²) in [6, 6.07) is 2.43. The summed E-state index contributed by atoms with van der Waals surface area (Å²) in [5, 5.41) is 0. The molecule has 1 aliphatic heterocycles. The predicted molar refractivity (Wildman–Crippen MR) is 76.6 cm³/mol. The number of hydrogen-bond donors (Lipinski definition) is 0. The quantitative estimate of drug-likeness (QED) is 0.777. The van der Waals surface area contributed by atoms with E-state index in [1.807, 2.05) is 6.92 Å². The predicted octanol–water partition coefficient (Wildman–Crippen LogP) is 2.32. The van der Waals surface area contributed by atoms with Gasteiger partial charge in [0.05, 0.1) is 4.90 Å². The molecule has 0 saturated carbocycles. The molecule has 1 atom stereocenters. The van der Waals surface area contributed by atoms with Gasteiger partial charge in [-0.3, -0.25) is 0 Å². The molecular formula is C12H15ClFNO4S2. The summed E-state index contributed by atoms with van der Waals surface area (Å²) in [6.07, 6.45) is 2.12. The summed E-state index contributed by atoms with van der Waals surface area (Å²) in [4.78, 5) is -0.985. The molecule has 1 saturated heterocycles. The smallest absolute Gasteiger partial charge is 0.207 e. The number of hydrogen-bond acceptors (Lipinski definition) is 4. The van der Waals surface area contributed by atoms with Crippen LogP contribution in [0.15, 0.2) is 28.0 Å². The van der Waals surface area contributed by atoms with Crippen molar-refractivity contribution in [1.29, 1.82) is 0 Å². The molecule has 9 heteroatoms. The van der Waals surface area contributed by atoms with Crippen LogP contribution >= 0.6 is 10.7 Å². The monoisotopic (exact) mass is 355 g/mol. The largest absolute Gasteiger partial charge is 0.261 e. The van der Waals surface area contributed by atoms with Crippen LogP contribution in [-0.2, 0) is 19.1 Å². The summed E-state index contributed by atoms with van der Waals surface area (Å²) in [7, 11) is -2.96. The van der Waals surface area contributed by atoms with E-state index in [0.717, 1.165) is 25.0 Å². The molecule has 0 aliphatic carbocycles. The van der Waals surface area contributed by atoms with Crippen LogP contribution in [0.2, 0.25) is 0 Å². The molecule has 0 spiro atoms. The van der Waals surface area contributed by atoms with Gasteiger partial charge in [0, 0.05) is 23.3 Å². The van der Waals surface area contributed by atoms with Gasteiger partial charge in [-0.1, -0.05) is 6.92 Å². The molecule has 118 valence electrons. The first-order valence-electron chi connectivity index (χ1n) is 6.44. The molecule has 0 bridgehead atoms. The highest BCUT2D eigenvalue weighted by atomic mass is 35.7. The van der Waals surface area contributed by atoms with Crippen molar-refractivity contribution in [3.05, 3.63) is 24.0 Å². The Hall–Kier alpha value is -0.700. The Labute approximate surface area is 128 Å². The fourth-order valence-corrected chi connectivity index (χ4v) is 5.08. The third-order valence-corrected chi connectivity index (χ3v) is 6.90. The second-order valence-corrected chi connectivity index (χ2v) is 9.28. The molecule has 1 aromatic carbocycles. The van der Waals surface area contributed by atoms with E-state index in [4.69, 9.17) is 10.7 Å². The van der Waals surface area contributed by atoms with Crippen LogP contribution in [0.1, 0.15) is 26.2 Å². The van der Waals surface area contributed by atoms with Gasteiger partial charge in [0.15, 0.2) is 0 Å². The van der Waals surface area contributed by atoms with Crippen LogP contribution in [0, 0.1) is 5.82 Å². The standard InChI is InChI=1S/C12H15ClFNO4S2/c1-2-9-4-3-7-15(9)21(18,19)12-6-5-10(8-11(12)14)20(13,16)17/h5-6,8-9H,2-4,7H2,1H3. The van der Waals surface area contributed by atoms with Gasteiger partial charge < -0.3 is 0 Å². The molecule has 1 aliphatic rings. The van der Waals surface area contributed by atoms with Crippen LogP contribution in [0.25, 0.3) is 0 Å². The molecule has 1 fully saturated rings. The lowest BCUT2D eigenvalue weighted by Gasteiger charge is -2.23. The second-order valence-electron chi connectivity index (χ2n) is 4.85. The first-order chi connectivity index (χ1) is 9.67. The Bertz CT molecular complexity index is 749. The van der Waals surface area contributed by atoms with Gasteiger partial charge >= 0.3 is 0 Å². The number of sulfonamides is 1. The maximum absolute atomic E-state index is 14.0. The van der Waals surface area contributed by atoms with E-state index in [-0.39, 0.29) is 6.04 Å².